The molecule has 7 nitrogen and oxygen atoms in total. The molecule has 1 saturated heterocycles. The Kier molecular flexibility index (Phi) is 7.76. The number of imide groups is 1. The topological polar surface area (TPSA) is 83.0 Å². The summed E-state index contributed by atoms with van der Waals surface area (Å²) in [7, 11) is 1.71. The van der Waals surface area contributed by atoms with Crippen LogP contribution in [0.1, 0.15) is 38.3 Å². The van der Waals surface area contributed by atoms with Crippen LogP contribution >= 0.6 is 24.0 Å². The maximum absolute atomic E-state index is 12.8. The number of fused-ring (bicyclic) bond motifs is 5. The van der Waals surface area contributed by atoms with Gasteiger partial charge in [0.25, 0.3) is 0 Å². The minimum absolute atomic E-state index is 0. The van der Waals surface area contributed by atoms with Crippen molar-refractivity contribution in [1.82, 2.24) is 15.5 Å². The number of hydrogen-bond acceptors (Lipinski definition) is 4. The first-order chi connectivity index (χ1) is 15.2. The lowest BCUT2D eigenvalue weighted by Gasteiger charge is -2.24. The molecular formula is C25H35IN4O3. The summed E-state index contributed by atoms with van der Waals surface area (Å²) in [5, 5.41) is 6.53. The zero-order valence-corrected chi connectivity index (χ0v) is 22.4. The molecule has 180 valence electrons. The van der Waals surface area contributed by atoms with Crippen LogP contribution < -0.4 is 15.4 Å². The van der Waals surface area contributed by atoms with E-state index < -0.39 is 0 Å². The summed E-state index contributed by atoms with van der Waals surface area (Å²) in [6, 6.07) is 6.16. The number of nitrogens with zero attached hydrogens (tertiary/aromatic N) is 2. The Balaban J connectivity index is 0.00000306. The molecule has 1 heterocycles. The van der Waals surface area contributed by atoms with Crippen LogP contribution in [0.15, 0.2) is 35.3 Å². The summed E-state index contributed by atoms with van der Waals surface area (Å²) in [5.74, 6) is 1.66. The third-order valence-corrected chi connectivity index (χ3v) is 6.50. The van der Waals surface area contributed by atoms with Crippen molar-refractivity contribution in [1.29, 1.82) is 0 Å². The van der Waals surface area contributed by atoms with Gasteiger partial charge in [-0.1, -0.05) is 24.3 Å². The highest BCUT2D eigenvalue weighted by molar-refractivity contribution is 14.0. The highest BCUT2D eigenvalue weighted by atomic mass is 127. The second-order valence-corrected chi connectivity index (χ2v) is 10.0. The van der Waals surface area contributed by atoms with Crippen molar-refractivity contribution in [2.75, 3.05) is 20.1 Å². The number of halogens is 1. The van der Waals surface area contributed by atoms with Gasteiger partial charge in [0.05, 0.1) is 11.8 Å². The van der Waals surface area contributed by atoms with Gasteiger partial charge < -0.3 is 15.4 Å². The molecule has 1 aromatic carbocycles. The highest BCUT2D eigenvalue weighted by Gasteiger charge is 2.58. The number of rotatable bonds is 6. The number of aryl methyl sites for hydroxylation is 1. The Labute approximate surface area is 213 Å². The van der Waals surface area contributed by atoms with Gasteiger partial charge in [-0.2, -0.15) is 0 Å². The zero-order valence-electron chi connectivity index (χ0n) is 20.1. The molecule has 33 heavy (non-hydrogen) atoms. The first-order valence-corrected chi connectivity index (χ1v) is 11.4. The van der Waals surface area contributed by atoms with Gasteiger partial charge in [0, 0.05) is 32.2 Å². The number of guanidine groups is 1. The molecule has 4 atom stereocenters. The van der Waals surface area contributed by atoms with Crippen molar-refractivity contribution in [3.05, 3.63) is 41.5 Å². The lowest BCUT2D eigenvalue weighted by molar-refractivity contribution is -0.140. The third-order valence-electron chi connectivity index (χ3n) is 6.50. The van der Waals surface area contributed by atoms with Gasteiger partial charge in [0.15, 0.2) is 5.96 Å². The van der Waals surface area contributed by atoms with Crippen LogP contribution in [0.25, 0.3) is 0 Å². The fourth-order valence-corrected chi connectivity index (χ4v) is 5.10. The van der Waals surface area contributed by atoms with E-state index in [2.05, 4.69) is 39.9 Å². The molecule has 2 bridgehead atoms. The first kappa shape index (κ1) is 25.5. The maximum atomic E-state index is 12.8. The average Bonchev–Trinajstić information content (AvgIpc) is 3.40. The Hall–Kier alpha value is -2.10. The molecule has 2 aliphatic carbocycles. The largest absolute Gasteiger partial charge is 0.488 e. The molecule has 1 saturated carbocycles. The summed E-state index contributed by atoms with van der Waals surface area (Å²) >= 11 is 0. The number of ether oxygens (including phenoxy) is 1. The molecule has 0 radical (unpaired) electrons. The second-order valence-electron chi connectivity index (χ2n) is 10.0. The van der Waals surface area contributed by atoms with Crippen molar-refractivity contribution in [2.24, 2.45) is 28.7 Å². The lowest BCUT2D eigenvalue weighted by Crippen LogP contribution is -2.43. The van der Waals surface area contributed by atoms with Crippen LogP contribution in [0.2, 0.25) is 0 Å². The first-order valence-electron chi connectivity index (χ1n) is 11.4. The number of carbonyl (C=O) groups is 2. The van der Waals surface area contributed by atoms with Crippen LogP contribution in [0, 0.1) is 30.6 Å². The van der Waals surface area contributed by atoms with E-state index >= 15 is 0 Å². The van der Waals surface area contributed by atoms with Gasteiger partial charge >= 0.3 is 0 Å². The van der Waals surface area contributed by atoms with E-state index in [0.717, 1.165) is 23.3 Å². The van der Waals surface area contributed by atoms with Crippen molar-refractivity contribution < 1.29 is 14.3 Å². The monoisotopic (exact) mass is 566 g/mol. The van der Waals surface area contributed by atoms with Gasteiger partial charge in [-0.15, -0.1) is 24.0 Å². The molecule has 1 aliphatic heterocycles. The molecule has 2 amide bonds. The molecule has 1 aromatic rings. The quantitative estimate of drug-likeness (QED) is 0.182. The summed E-state index contributed by atoms with van der Waals surface area (Å²) < 4.78 is 6.12. The molecule has 2 N–H and O–H groups in total. The van der Waals surface area contributed by atoms with Crippen LogP contribution in [0.4, 0.5) is 0 Å². The average molecular weight is 566 g/mol. The summed E-state index contributed by atoms with van der Waals surface area (Å²) in [4.78, 5) is 31.3. The summed E-state index contributed by atoms with van der Waals surface area (Å²) in [6.45, 7) is 9.50. The minimum atomic E-state index is -0.287. The van der Waals surface area contributed by atoms with Gasteiger partial charge in [0.1, 0.15) is 11.4 Å². The maximum Gasteiger partial charge on any atom is 0.233 e. The second kappa shape index (κ2) is 10.0. The van der Waals surface area contributed by atoms with Crippen LogP contribution in [-0.2, 0) is 16.1 Å². The Bertz CT molecular complexity index is 939. The molecule has 0 spiro atoms. The van der Waals surface area contributed by atoms with Gasteiger partial charge in [0.2, 0.25) is 11.8 Å². The Morgan fingerprint density at radius 1 is 1.12 bits per heavy atom. The van der Waals surface area contributed by atoms with Crippen LogP contribution in [-0.4, -0.2) is 48.4 Å². The van der Waals surface area contributed by atoms with Gasteiger partial charge in [-0.3, -0.25) is 19.5 Å². The minimum Gasteiger partial charge on any atom is -0.488 e. The Morgan fingerprint density at radius 3 is 2.33 bits per heavy atom. The van der Waals surface area contributed by atoms with E-state index in [9.17, 15) is 9.59 Å². The smallest absolute Gasteiger partial charge is 0.233 e. The number of benzene rings is 1. The molecule has 2 fully saturated rings. The predicted molar refractivity (Wildman–Crippen MR) is 140 cm³/mol. The molecule has 4 rings (SSSR count). The van der Waals surface area contributed by atoms with Gasteiger partial charge in [-0.25, -0.2) is 0 Å². The van der Waals surface area contributed by atoms with E-state index in [0.29, 0.717) is 25.6 Å². The number of nitrogens with one attached hydrogen (secondary N) is 2. The van der Waals surface area contributed by atoms with Crippen molar-refractivity contribution >= 4 is 41.8 Å². The standard InChI is InChI=1S/C25H34N4O3.HI/c1-15-6-7-18(19(12-15)32-25(2,3)4)14-28-24(26-5)27-10-11-29-22(30)20-16-8-9-17(13-16)21(20)23(29)31;/h6-9,12,16-17,20-21H,10-11,13-14H2,1-5H3,(H2,26,27,28);1H. The number of amides is 2. The van der Waals surface area contributed by atoms with E-state index in [1.165, 1.54) is 4.90 Å². The zero-order chi connectivity index (χ0) is 23.0. The van der Waals surface area contributed by atoms with Crippen LogP contribution in [0.3, 0.4) is 0 Å². The molecular weight excluding hydrogens is 531 g/mol. The van der Waals surface area contributed by atoms with E-state index in [4.69, 9.17) is 4.74 Å². The van der Waals surface area contributed by atoms with E-state index in [1.807, 2.05) is 33.8 Å². The van der Waals surface area contributed by atoms with Crippen molar-refractivity contribution in [2.45, 2.75) is 46.3 Å². The van der Waals surface area contributed by atoms with Gasteiger partial charge in [-0.05, 0) is 57.6 Å². The van der Waals surface area contributed by atoms with E-state index in [1.54, 1.807) is 7.05 Å². The normalized spacial score (nSPS) is 25.8. The number of carbonyl (C=O) groups excluding carboxylic acids is 2. The molecule has 3 aliphatic rings. The van der Waals surface area contributed by atoms with Crippen molar-refractivity contribution in [3.63, 3.8) is 0 Å². The number of likely N-dealkylation sites (tertiary alicyclic amines) is 1. The Morgan fingerprint density at radius 2 is 1.76 bits per heavy atom. The number of aliphatic imine (C=N–C) groups is 1. The fourth-order valence-electron chi connectivity index (χ4n) is 5.10. The lowest BCUT2D eigenvalue weighted by atomic mass is 9.85. The molecule has 0 aromatic heterocycles. The number of hydrogen-bond donors (Lipinski definition) is 2. The fraction of sp³-hybridized carbons (Fsp3) is 0.560. The predicted octanol–water partition coefficient (Wildman–Crippen LogP) is 3.26. The highest BCUT2D eigenvalue weighted by Crippen LogP contribution is 2.52. The van der Waals surface area contributed by atoms with Crippen molar-refractivity contribution in [3.8, 4) is 5.75 Å². The third kappa shape index (κ3) is 5.36. The number of allylic oxidation sites excluding steroid dienone is 2. The summed E-state index contributed by atoms with van der Waals surface area (Å²) in [6.07, 6.45) is 5.19. The van der Waals surface area contributed by atoms with Crippen LogP contribution in [0.5, 0.6) is 5.75 Å². The van der Waals surface area contributed by atoms with E-state index in [-0.39, 0.29) is 65.1 Å². The molecule has 4 unspecified atom stereocenters. The summed E-state index contributed by atoms with van der Waals surface area (Å²) in [5.41, 5.74) is 1.89. The SMILES string of the molecule is CN=C(NCCN1C(=O)C2C3C=CC(C3)C2C1=O)NCc1ccc(C)cc1OC(C)(C)C.I. The molecule has 8 heteroatoms.